The average Bonchev–Trinajstić information content (AvgIpc) is 3.04. The number of ether oxygens (including phenoxy) is 1. The van der Waals surface area contributed by atoms with E-state index in [1.807, 2.05) is 13.8 Å². The molecule has 1 aliphatic rings. The monoisotopic (exact) mass is 377 g/mol. The SMILES string of the molecule is CCC(C)c1n[nH]c(C(C)NC(=O)CC2COCCN2CC(F)(F)F)n1. The summed E-state index contributed by atoms with van der Waals surface area (Å²) in [6, 6.07) is -1.00. The van der Waals surface area contributed by atoms with E-state index in [1.165, 1.54) is 4.90 Å². The van der Waals surface area contributed by atoms with Gasteiger partial charge in [-0.05, 0) is 13.3 Å². The number of hydrogen-bond donors (Lipinski definition) is 2. The zero-order chi connectivity index (χ0) is 19.3. The molecule has 26 heavy (non-hydrogen) atoms. The number of aromatic nitrogens is 3. The second kappa shape index (κ2) is 8.81. The van der Waals surface area contributed by atoms with Crippen molar-refractivity contribution in [1.29, 1.82) is 0 Å². The smallest absolute Gasteiger partial charge is 0.378 e. The molecular formula is C16H26F3N5O2. The first-order valence-electron chi connectivity index (χ1n) is 8.79. The van der Waals surface area contributed by atoms with Crippen LogP contribution in [0.4, 0.5) is 13.2 Å². The molecule has 1 aromatic heterocycles. The molecule has 1 amide bonds. The van der Waals surface area contributed by atoms with Crippen LogP contribution < -0.4 is 5.32 Å². The summed E-state index contributed by atoms with van der Waals surface area (Å²) in [5, 5.41) is 9.71. The van der Waals surface area contributed by atoms with Crippen LogP contribution in [0, 0.1) is 0 Å². The molecule has 1 saturated heterocycles. The number of alkyl halides is 3. The van der Waals surface area contributed by atoms with Gasteiger partial charge in [-0.25, -0.2) is 4.98 Å². The Morgan fingerprint density at radius 2 is 2.19 bits per heavy atom. The first kappa shape index (κ1) is 20.6. The molecule has 2 N–H and O–H groups in total. The van der Waals surface area contributed by atoms with Crippen molar-refractivity contribution < 1.29 is 22.7 Å². The second-order valence-electron chi connectivity index (χ2n) is 6.70. The predicted octanol–water partition coefficient (Wildman–Crippen LogP) is 2.15. The maximum Gasteiger partial charge on any atom is 0.401 e. The Bertz CT molecular complexity index is 593. The standard InChI is InChI=1S/C16H26F3N5O2/c1-4-10(2)14-21-15(23-22-14)11(3)20-13(25)7-12-8-26-6-5-24(12)9-16(17,18)19/h10-12H,4-9H2,1-3H3,(H,20,25)(H,21,22,23). The number of halogens is 3. The largest absolute Gasteiger partial charge is 0.401 e. The molecule has 0 radical (unpaired) electrons. The van der Waals surface area contributed by atoms with Gasteiger partial charge in [0.1, 0.15) is 5.82 Å². The maximum absolute atomic E-state index is 12.7. The quantitative estimate of drug-likeness (QED) is 0.761. The van der Waals surface area contributed by atoms with Crippen molar-refractivity contribution in [3.05, 3.63) is 11.6 Å². The number of hydrogen-bond acceptors (Lipinski definition) is 5. The molecule has 148 valence electrons. The van der Waals surface area contributed by atoms with E-state index in [-0.39, 0.29) is 38.0 Å². The van der Waals surface area contributed by atoms with Crippen LogP contribution in [0.2, 0.25) is 0 Å². The van der Waals surface area contributed by atoms with E-state index in [4.69, 9.17) is 4.74 Å². The minimum absolute atomic E-state index is 0.0627. The molecule has 3 unspecified atom stereocenters. The molecule has 0 aromatic carbocycles. The van der Waals surface area contributed by atoms with E-state index in [0.717, 1.165) is 6.42 Å². The third kappa shape index (κ3) is 5.94. The summed E-state index contributed by atoms with van der Waals surface area (Å²) in [5.74, 6) is 1.07. The third-order valence-corrected chi connectivity index (χ3v) is 4.51. The van der Waals surface area contributed by atoms with Crippen molar-refractivity contribution in [3.63, 3.8) is 0 Å². The van der Waals surface area contributed by atoms with E-state index in [9.17, 15) is 18.0 Å². The number of nitrogens with zero attached hydrogens (tertiary/aromatic N) is 3. The highest BCUT2D eigenvalue weighted by Gasteiger charge is 2.36. The Balaban J connectivity index is 1.91. The van der Waals surface area contributed by atoms with Crippen molar-refractivity contribution in [1.82, 2.24) is 25.4 Å². The third-order valence-electron chi connectivity index (χ3n) is 4.51. The minimum Gasteiger partial charge on any atom is -0.378 e. The summed E-state index contributed by atoms with van der Waals surface area (Å²) >= 11 is 0. The van der Waals surface area contributed by atoms with E-state index in [0.29, 0.717) is 11.6 Å². The van der Waals surface area contributed by atoms with Crippen molar-refractivity contribution in [2.75, 3.05) is 26.3 Å². The molecule has 3 atom stereocenters. The number of morpholine rings is 1. The summed E-state index contributed by atoms with van der Waals surface area (Å²) in [5.41, 5.74) is 0. The molecule has 2 heterocycles. The number of rotatable bonds is 7. The normalized spacial score (nSPS) is 21.4. The number of nitrogens with one attached hydrogen (secondary N) is 2. The van der Waals surface area contributed by atoms with E-state index >= 15 is 0 Å². The number of carbonyl (C=O) groups excluding carboxylic acids is 1. The highest BCUT2D eigenvalue weighted by molar-refractivity contribution is 5.77. The summed E-state index contributed by atoms with van der Waals surface area (Å²) < 4.78 is 43.3. The zero-order valence-corrected chi connectivity index (χ0v) is 15.3. The van der Waals surface area contributed by atoms with E-state index < -0.39 is 24.8 Å². The van der Waals surface area contributed by atoms with Gasteiger partial charge >= 0.3 is 6.18 Å². The molecule has 0 aliphatic carbocycles. The molecule has 0 spiro atoms. The van der Waals surface area contributed by atoms with Crippen molar-refractivity contribution in [2.45, 2.75) is 57.8 Å². The van der Waals surface area contributed by atoms with Crippen LogP contribution in [-0.4, -0.2) is 64.5 Å². The Morgan fingerprint density at radius 1 is 1.46 bits per heavy atom. The predicted molar refractivity (Wildman–Crippen MR) is 88.5 cm³/mol. The summed E-state index contributed by atoms with van der Waals surface area (Å²) in [6.07, 6.45) is -3.47. The maximum atomic E-state index is 12.7. The Morgan fingerprint density at radius 3 is 2.85 bits per heavy atom. The summed E-state index contributed by atoms with van der Waals surface area (Å²) in [4.78, 5) is 17.9. The van der Waals surface area contributed by atoms with Gasteiger partial charge in [0.2, 0.25) is 5.91 Å². The van der Waals surface area contributed by atoms with Crippen molar-refractivity contribution in [2.24, 2.45) is 0 Å². The molecule has 1 aliphatic heterocycles. The second-order valence-corrected chi connectivity index (χ2v) is 6.70. The first-order chi connectivity index (χ1) is 12.2. The average molecular weight is 377 g/mol. The van der Waals surface area contributed by atoms with Crippen LogP contribution in [0.15, 0.2) is 0 Å². The Hall–Kier alpha value is -1.68. The van der Waals surface area contributed by atoms with Gasteiger partial charge in [-0.3, -0.25) is 14.8 Å². The van der Waals surface area contributed by atoms with Gasteiger partial charge in [-0.2, -0.15) is 18.3 Å². The van der Waals surface area contributed by atoms with E-state index in [2.05, 4.69) is 20.5 Å². The zero-order valence-electron chi connectivity index (χ0n) is 15.3. The van der Waals surface area contributed by atoms with Gasteiger partial charge in [0, 0.05) is 24.9 Å². The fourth-order valence-corrected chi connectivity index (χ4v) is 2.78. The molecule has 1 fully saturated rings. The van der Waals surface area contributed by atoms with E-state index in [1.54, 1.807) is 6.92 Å². The molecule has 1 aromatic rings. The van der Waals surface area contributed by atoms with Crippen LogP contribution in [0.5, 0.6) is 0 Å². The van der Waals surface area contributed by atoms with Gasteiger partial charge < -0.3 is 10.1 Å². The topological polar surface area (TPSA) is 83.1 Å². The summed E-state index contributed by atoms with van der Waals surface area (Å²) in [7, 11) is 0. The van der Waals surface area contributed by atoms with Gasteiger partial charge in [0.25, 0.3) is 0 Å². The molecule has 7 nitrogen and oxygen atoms in total. The molecule has 10 heteroatoms. The number of H-pyrrole nitrogens is 1. The van der Waals surface area contributed by atoms with Gasteiger partial charge in [0.15, 0.2) is 5.82 Å². The van der Waals surface area contributed by atoms with Crippen LogP contribution in [0.1, 0.15) is 57.2 Å². The lowest BCUT2D eigenvalue weighted by molar-refractivity contribution is -0.164. The molecular weight excluding hydrogens is 351 g/mol. The fraction of sp³-hybridized carbons (Fsp3) is 0.812. The molecule has 2 rings (SSSR count). The first-order valence-corrected chi connectivity index (χ1v) is 8.79. The molecule has 0 bridgehead atoms. The number of aromatic amines is 1. The summed E-state index contributed by atoms with van der Waals surface area (Å²) in [6.45, 7) is 5.26. The fourth-order valence-electron chi connectivity index (χ4n) is 2.78. The van der Waals surface area contributed by atoms with Crippen molar-refractivity contribution >= 4 is 5.91 Å². The number of amides is 1. The lowest BCUT2D eigenvalue weighted by Gasteiger charge is -2.35. The van der Waals surface area contributed by atoms with Crippen LogP contribution in [0.3, 0.4) is 0 Å². The Labute approximate surface area is 150 Å². The van der Waals surface area contributed by atoms with Crippen LogP contribution in [-0.2, 0) is 9.53 Å². The van der Waals surface area contributed by atoms with Crippen LogP contribution in [0.25, 0.3) is 0 Å². The van der Waals surface area contributed by atoms with Crippen LogP contribution >= 0.6 is 0 Å². The van der Waals surface area contributed by atoms with Crippen molar-refractivity contribution in [3.8, 4) is 0 Å². The Kier molecular flexibility index (Phi) is 6.99. The molecule has 0 saturated carbocycles. The highest BCUT2D eigenvalue weighted by atomic mass is 19.4. The lowest BCUT2D eigenvalue weighted by Crippen LogP contribution is -2.51. The van der Waals surface area contributed by atoms with Gasteiger partial charge in [-0.1, -0.05) is 13.8 Å². The lowest BCUT2D eigenvalue weighted by atomic mass is 10.1. The van der Waals surface area contributed by atoms with Gasteiger partial charge in [-0.15, -0.1) is 0 Å². The number of carbonyl (C=O) groups is 1. The highest BCUT2D eigenvalue weighted by Crippen LogP contribution is 2.21. The minimum atomic E-state index is -4.30. The van der Waals surface area contributed by atoms with Gasteiger partial charge in [0.05, 0.1) is 25.8 Å².